The first kappa shape index (κ1) is 19.9. The summed E-state index contributed by atoms with van der Waals surface area (Å²) in [5.74, 6) is -0.135. The Labute approximate surface area is 125 Å². The van der Waals surface area contributed by atoms with E-state index < -0.39 is 10.1 Å². The van der Waals surface area contributed by atoms with Gasteiger partial charge in [0.1, 0.15) is 0 Å². The van der Waals surface area contributed by atoms with E-state index >= 15 is 0 Å². The SMILES string of the molecule is CCCCCCCC(CCCCS(=O)(=O)O)OCCC. The van der Waals surface area contributed by atoms with Crippen LogP contribution in [0.25, 0.3) is 0 Å². The van der Waals surface area contributed by atoms with E-state index in [2.05, 4.69) is 13.8 Å². The van der Waals surface area contributed by atoms with Crippen LogP contribution in [0.2, 0.25) is 0 Å². The molecule has 1 atom stereocenters. The van der Waals surface area contributed by atoms with Crippen LogP contribution < -0.4 is 0 Å². The molecule has 122 valence electrons. The van der Waals surface area contributed by atoms with Gasteiger partial charge in [0, 0.05) is 6.61 Å². The van der Waals surface area contributed by atoms with Crippen molar-refractivity contribution in [1.29, 1.82) is 0 Å². The van der Waals surface area contributed by atoms with Gasteiger partial charge in [-0.1, -0.05) is 46.0 Å². The third-order valence-electron chi connectivity index (χ3n) is 3.37. The number of unbranched alkanes of at least 4 members (excludes halogenated alkanes) is 5. The van der Waals surface area contributed by atoms with Crippen LogP contribution in [0.5, 0.6) is 0 Å². The first-order valence-corrected chi connectivity index (χ1v) is 9.67. The monoisotopic (exact) mass is 308 g/mol. The smallest absolute Gasteiger partial charge is 0.264 e. The second-order valence-corrected chi connectivity index (χ2v) is 7.05. The summed E-state index contributed by atoms with van der Waals surface area (Å²) in [6.45, 7) is 5.08. The summed E-state index contributed by atoms with van der Waals surface area (Å²) in [4.78, 5) is 0. The third-order valence-corrected chi connectivity index (χ3v) is 4.17. The molecule has 0 saturated heterocycles. The Kier molecular flexibility index (Phi) is 12.5. The van der Waals surface area contributed by atoms with Crippen molar-refractivity contribution in [3.05, 3.63) is 0 Å². The van der Waals surface area contributed by atoms with Crippen molar-refractivity contribution in [1.82, 2.24) is 0 Å². The van der Waals surface area contributed by atoms with Crippen LogP contribution in [0.15, 0.2) is 0 Å². The second-order valence-electron chi connectivity index (χ2n) is 5.48. The maximum absolute atomic E-state index is 10.6. The summed E-state index contributed by atoms with van der Waals surface area (Å²) in [7, 11) is -3.81. The fourth-order valence-electron chi connectivity index (χ4n) is 2.23. The highest BCUT2D eigenvalue weighted by molar-refractivity contribution is 7.85. The molecule has 0 aliphatic rings. The number of ether oxygens (including phenoxy) is 1. The Morgan fingerprint density at radius 1 is 0.900 bits per heavy atom. The Balaban J connectivity index is 3.77. The van der Waals surface area contributed by atoms with Gasteiger partial charge < -0.3 is 4.74 Å². The topological polar surface area (TPSA) is 63.6 Å². The molecule has 0 saturated carbocycles. The lowest BCUT2D eigenvalue weighted by Gasteiger charge is -2.17. The molecule has 0 aliphatic carbocycles. The largest absolute Gasteiger partial charge is 0.378 e. The van der Waals surface area contributed by atoms with Gasteiger partial charge in [-0.2, -0.15) is 8.42 Å². The fourth-order valence-corrected chi connectivity index (χ4v) is 2.80. The van der Waals surface area contributed by atoms with Crippen LogP contribution in [0.1, 0.15) is 78.1 Å². The van der Waals surface area contributed by atoms with Gasteiger partial charge in [0.05, 0.1) is 11.9 Å². The molecule has 4 nitrogen and oxygen atoms in total. The molecule has 1 N–H and O–H groups in total. The zero-order valence-corrected chi connectivity index (χ0v) is 14.0. The van der Waals surface area contributed by atoms with Gasteiger partial charge in [-0.25, -0.2) is 0 Å². The molecule has 0 heterocycles. The summed E-state index contributed by atoms with van der Waals surface area (Å²) >= 11 is 0. The Morgan fingerprint density at radius 3 is 2.05 bits per heavy atom. The predicted octanol–water partition coefficient (Wildman–Crippen LogP) is 4.20. The summed E-state index contributed by atoms with van der Waals surface area (Å²) in [5.41, 5.74) is 0. The van der Waals surface area contributed by atoms with Gasteiger partial charge in [0.15, 0.2) is 0 Å². The van der Waals surface area contributed by atoms with E-state index in [4.69, 9.17) is 9.29 Å². The molecule has 0 aromatic heterocycles. The molecule has 0 bridgehead atoms. The molecule has 0 rings (SSSR count). The molecule has 0 spiro atoms. The Hall–Kier alpha value is -0.130. The summed E-state index contributed by atoms with van der Waals surface area (Å²) in [6, 6.07) is 0. The Bertz CT molecular complexity index is 301. The van der Waals surface area contributed by atoms with Crippen molar-refractivity contribution in [2.24, 2.45) is 0 Å². The second kappa shape index (κ2) is 12.6. The molecule has 0 radical (unpaired) electrons. The molecule has 5 heteroatoms. The molecule has 0 aliphatic heterocycles. The van der Waals surface area contributed by atoms with Crippen molar-refractivity contribution in [2.45, 2.75) is 84.2 Å². The van der Waals surface area contributed by atoms with Crippen LogP contribution in [0.3, 0.4) is 0 Å². The van der Waals surface area contributed by atoms with E-state index in [1.165, 1.54) is 32.1 Å². The molecule has 0 aromatic rings. The summed E-state index contributed by atoms with van der Waals surface area (Å²) in [6.07, 6.45) is 10.8. The maximum Gasteiger partial charge on any atom is 0.264 e. The zero-order chi connectivity index (χ0) is 15.3. The minimum Gasteiger partial charge on any atom is -0.378 e. The lowest BCUT2D eigenvalue weighted by molar-refractivity contribution is 0.0389. The van der Waals surface area contributed by atoms with Crippen molar-refractivity contribution in [3.63, 3.8) is 0 Å². The highest BCUT2D eigenvalue weighted by Gasteiger charge is 2.10. The van der Waals surface area contributed by atoms with Crippen LogP contribution in [0.4, 0.5) is 0 Å². The van der Waals surface area contributed by atoms with Crippen molar-refractivity contribution in [2.75, 3.05) is 12.4 Å². The van der Waals surface area contributed by atoms with Crippen LogP contribution >= 0.6 is 0 Å². The van der Waals surface area contributed by atoms with Gasteiger partial charge in [0.25, 0.3) is 10.1 Å². The third kappa shape index (κ3) is 14.3. The first-order valence-electron chi connectivity index (χ1n) is 8.06. The van der Waals surface area contributed by atoms with E-state index in [9.17, 15) is 8.42 Å². The minimum atomic E-state index is -3.81. The zero-order valence-electron chi connectivity index (χ0n) is 13.1. The van der Waals surface area contributed by atoms with E-state index in [1.54, 1.807) is 0 Å². The van der Waals surface area contributed by atoms with E-state index in [1.807, 2.05) is 0 Å². The van der Waals surface area contributed by atoms with Crippen molar-refractivity contribution in [3.8, 4) is 0 Å². The van der Waals surface area contributed by atoms with Crippen LogP contribution in [-0.4, -0.2) is 31.4 Å². The van der Waals surface area contributed by atoms with E-state index in [0.29, 0.717) is 6.42 Å². The maximum atomic E-state index is 10.6. The molecular weight excluding hydrogens is 276 g/mol. The van der Waals surface area contributed by atoms with Crippen molar-refractivity contribution >= 4 is 10.1 Å². The molecule has 0 amide bonds. The van der Waals surface area contributed by atoms with E-state index in [-0.39, 0.29) is 11.9 Å². The minimum absolute atomic E-state index is 0.135. The molecule has 20 heavy (non-hydrogen) atoms. The van der Waals surface area contributed by atoms with Gasteiger partial charge >= 0.3 is 0 Å². The number of rotatable bonds is 14. The molecular formula is C15H32O4S. The van der Waals surface area contributed by atoms with Gasteiger partial charge in [-0.05, 0) is 32.1 Å². The van der Waals surface area contributed by atoms with Gasteiger partial charge in [-0.15, -0.1) is 0 Å². The van der Waals surface area contributed by atoms with E-state index in [0.717, 1.165) is 32.3 Å². The highest BCUT2D eigenvalue weighted by Crippen LogP contribution is 2.15. The van der Waals surface area contributed by atoms with Gasteiger partial charge in [-0.3, -0.25) is 4.55 Å². The predicted molar refractivity (Wildman–Crippen MR) is 83.7 cm³/mol. The lowest BCUT2D eigenvalue weighted by Crippen LogP contribution is -2.14. The first-order chi connectivity index (χ1) is 9.49. The Morgan fingerprint density at radius 2 is 1.50 bits per heavy atom. The van der Waals surface area contributed by atoms with Crippen molar-refractivity contribution < 1.29 is 17.7 Å². The summed E-state index contributed by atoms with van der Waals surface area (Å²) < 4.78 is 35.8. The number of hydrogen-bond acceptors (Lipinski definition) is 3. The normalized spacial score (nSPS) is 13.6. The van der Waals surface area contributed by atoms with Crippen LogP contribution in [-0.2, 0) is 14.9 Å². The summed E-state index contributed by atoms with van der Waals surface area (Å²) in [5, 5.41) is 0. The standard InChI is InChI=1S/C15H32O4S/c1-3-5-6-7-8-11-15(19-13-4-2)12-9-10-14-20(16,17)18/h15H,3-14H2,1-2H3,(H,16,17,18). The lowest BCUT2D eigenvalue weighted by atomic mass is 10.0. The van der Waals surface area contributed by atoms with Crippen LogP contribution in [0, 0.1) is 0 Å². The fraction of sp³-hybridized carbons (Fsp3) is 1.00. The molecule has 0 fully saturated rings. The van der Waals surface area contributed by atoms with Gasteiger partial charge in [0.2, 0.25) is 0 Å². The highest BCUT2D eigenvalue weighted by atomic mass is 32.2. The molecule has 1 unspecified atom stereocenters. The number of hydrogen-bond donors (Lipinski definition) is 1. The average molecular weight is 308 g/mol. The molecule has 0 aromatic carbocycles. The quantitative estimate of drug-likeness (QED) is 0.386. The average Bonchev–Trinajstić information content (AvgIpc) is 2.38.